The highest BCUT2D eigenvalue weighted by Crippen LogP contribution is 1.84. The van der Waals surface area contributed by atoms with E-state index < -0.39 is 0 Å². The molecule has 0 radical (unpaired) electrons. The molecule has 2 N–H and O–H groups in total. The topological polar surface area (TPSA) is 58.2 Å². The Hall–Kier alpha value is -0.710. The summed E-state index contributed by atoms with van der Waals surface area (Å²) in [5.74, 6) is 0.467. The second kappa shape index (κ2) is 8.87. The first-order valence-electron chi connectivity index (χ1n) is 4.85. The largest absolute Gasteiger partial charge is 0.356 e. The lowest BCUT2D eigenvalue weighted by Gasteiger charge is -2.04. The zero-order chi connectivity index (χ0) is 10.8. The molecule has 0 atom stereocenters. The van der Waals surface area contributed by atoms with Crippen LogP contribution in [-0.2, 0) is 9.59 Å². The van der Waals surface area contributed by atoms with Crippen LogP contribution in [0.1, 0.15) is 26.2 Å². The van der Waals surface area contributed by atoms with Gasteiger partial charge in [0, 0.05) is 25.9 Å². The van der Waals surface area contributed by atoms with Crippen molar-refractivity contribution in [2.24, 2.45) is 0 Å². The Bertz CT molecular complexity index is 186. The Morgan fingerprint density at radius 3 is 2.21 bits per heavy atom. The molecule has 82 valence electrons. The van der Waals surface area contributed by atoms with E-state index in [0.29, 0.717) is 31.7 Å². The minimum atomic E-state index is -0.0525. The normalized spacial score (nSPS) is 9.57. The summed E-state index contributed by atoms with van der Waals surface area (Å²) >= 11 is 3.93. The number of carbonyl (C=O) groups excluding carboxylic acids is 2. The molecule has 0 spiro atoms. The van der Waals surface area contributed by atoms with Crippen LogP contribution in [0.5, 0.6) is 0 Å². The van der Waals surface area contributed by atoms with Crippen LogP contribution < -0.4 is 10.6 Å². The second-order valence-corrected chi connectivity index (χ2v) is 3.37. The highest BCUT2D eigenvalue weighted by molar-refractivity contribution is 7.80. The molecule has 0 unspecified atom stereocenters. The van der Waals surface area contributed by atoms with Gasteiger partial charge >= 0.3 is 0 Å². The van der Waals surface area contributed by atoms with Gasteiger partial charge in [-0.2, -0.15) is 12.6 Å². The van der Waals surface area contributed by atoms with E-state index >= 15 is 0 Å². The van der Waals surface area contributed by atoms with Crippen molar-refractivity contribution in [2.45, 2.75) is 26.2 Å². The van der Waals surface area contributed by atoms with Gasteiger partial charge < -0.3 is 10.6 Å². The highest BCUT2D eigenvalue weighted by atomic mass is 32.1. The third kappa shape index (κ3) is 7.91. The predicted octanol–water partition coefficient (Wildman–Crippen LogP) is 0.339. The maximum absolute atomic E-state index is 11.1. The molecule has 0 heterocycles. The molecule has 2 amide bonds. The van der Waals surface area contributed by atoms with Crippen LogP contribution in [0.2, 0.25) is 0 Å². The summed E-state index contributed by atoms with van der Waals surface area (Å²) in [5, 5.41) is 5.37. The maximum Gasteiger partial charge on any atom is 0.221 e. The number of amides is 2. The number of nitrogens with one attached hydrogen (secondary N) is 2. The molecule has 0 bridgehead atoms. The fourth-order valence-electron chi connectivity index (χ4n) is 0.858. The Balaban J connectivity index is 3.34. The summed E-state index contributed by atoms with van der Waals surface area (Å²) in [6.07, 6.45) is 1.68. The molecule has 0 aromatic rings. The van der Waals surface area contributed by atoms with E-state index in [1.807, 2.05) is 6.92 Å². The van der Waals surface area contributed by atoms with E-state index in [4.69, 9.17) is 0 Å². The summed E-state index contributed by atoms with van der Waals surface area (Å²) in [7, 11) is 0. The zero-order valence-electron chi connectivity index (χ0n) is 8.51. The molecule has 5 heteroatoms. The molecule has 0 saturated carbocycles. The van der Waals surface area contributed by atoms with Crippen molar-refractivity contribution in [3.63, 3.8) is 0 Å². The first-order valence-corrected chi connectivity index (χ1v) is 5.48. The van der Waals surface area contributed by atoms with Crippen LogP contribution in [0, 0.1) is 0 Å². The van der Waals surface area contributed by atoms with E-state index in [1.54, 1.807) is 0 Å². The number of thiol groups is 1. The molecule has 0 aromatic heterocycles. The zero-order valence-corrected chi connectivity index (χ0v) is 9.40. The Morgan fingerprint density at radius 2 is 1.64 bits per heavy atom. The summed E-state index contributed by atoms with van der Waals surface area (Å²) in [5.41, 5.74) is 0. The molecular formula is C9H18N2O2S. The van der Waals surface area contributed by atoms with Crippen LogP contribution in [0.4, 0.5) is 0 Å². The second-order valence-electron chi connectivity index (χ2n) is 2.92. The molecule has 0 saturated heterocycles. The van der Waals surface area contributed by atoms with Crippen LogP contribution in [0.25, 0.3) is 0 Å². The number of hydrogen-bond donors (Lipinski definition) is 3. The predicted molar refractivity (Wildman–Crippen MR) is 59.4 cm³/mol. The monoisotopic (exact) mass is 218 g/mol. The van der Waals surface area contributed by atoms with E-state index in [0.717, 1.165) is 6.42 Å². The minimum Gasteiger partial charge on any atom is -0.356 e. The molecule has 0 aliphatic rings. The lowest BCUT2D eigenvalue weighted by Crippen LogP contribution is -2.31. The lowest BCUT2D eigenvalue weighted by molar-refractivity contribution is -0.122. The van der Waals surface area contributed by atoms with Crippen molar-refractivity contribution in [1.29, 1.82) is 0 Å². The maximum atomic E-state index is 11.1. The minimum absolute atomic E-state index is 0.0157. The number of carbonyl (C=O) groups is 2. The molecule has 14 heavy (non-hydrogen) atoms. The summed E-state index contributed by atoms with van der Waals surface area (Å²) in [6, 6.07) is 0. The molecule has 4 nitrogen and oxygen atoms in total. The first kappa shape index (κ1) is 13.3. The SMILES string of the molecule is CCCNC(=O)CCNC(=O)CCS. The molecular weight excluding hydrogens is 200 g/mol. The quantitative estimate of drug-likeness (QED) is 0.540. The average molecular weight is 218 g/mol. The van der Waals surface area contributed by atoms with Crippen molar-refractivity contribution in [3.05, 3.63) is 0 Å². The van der Waals surface area contributed by atoms with E-state index in [9.17, 15) is 9.59 Å². The van der Waals surface area contributed by atoms with E-state index in [-0.39, 0.29) is 11.8 Å². The van der Waals surface area contributed by atoms with Gasteiger partial charge in [0.2, 0.25) is 11.8 Å². The third-order valence-electron chi connectivity index (χ3n) is 1.59. The molecule has 0 aliphatic carbocycles. The van der Waals surface area contributed by atoms with Crippen molar-refractivity contribution in [1.82, 2.24) is 10.6 Å². The van der Waals surface area contributed by atoms with Crippen LogP contribution >= 0.6 is 12.6 Å². The Morgan fingerprint density at radius 1 is 1.07 bits per heavy atom. The van der Waals surface area contributed by atoms with Gasteiger partial charge in [-0.3, -0.25) is 9.59 Å². The molecule has 0 aliphatic heterocycles. The van der Waals surface area contributed by atoms with Crippen molar-refractivity contribution in [2.75, 3.05) is 18.8 Å². The van der Waals surface area contributed by atoms with Crippen molar-refractivity contribution in [3.8, 4) is 0 Å². The average Bonchev–Trinajstić information content (AvgIpc) is 2.15. The fraction of sp³-hybridized carbons (Fsp3) is 0.778. The van der Waals surface area contributed by atoms with Crippen molar-refractivity contribution >= 4 is 24.4 Å². The Labute approximate surface area is 90.2 Å². The smallest absolute Gasteiger partial charge is 0.221 e. The number of hydrogen-bond acceptors (Lipinski definition) is 3. The van der Waals surface area contributed by atoms with Gasteiger partial charge in [-0.25, -0.2) is 0 Å². The van der Waals surface area contributed by atoms with Gasteiger partial charge in [0.1, 0.15) is 0 Å². The van der Waals surface area contributed by atoms with Gasteiger partial charge in [0.15, 0.2) is 0 Å². The van der Waals surface area contributed by atoms with Crippen LogP contribution in [0.15, 0.2) is 0 Å². The summed E-state index contributed by atoms with van der Waals surface area (Å²) in [6.45, 7) is 3.10. The standard InChI is InChI=1S/C9H18N2O2S/c1-2-5-10-8(12)3-6-11-9(13)4-7-14/h14H,2-7H2,1H3,(H,10,12)(H,11,13). The van der Waals surface area contributed by atoms with Gasteiger partial charge in [-0.1, -0.05) is 6.92 Å². The fourth-order valence-corrected chi connectivity index (χ4v) is 1.06. The van der Waals surface area contributed by atoms with E-state index in [2.05, 4.69) is 23.3 Å². The van der Waals surface area contributed by atoms with Gasteiger partial charge in [0.25, 0.3) is 0 Å². The van der Waals surface area contributed by atoms with Crippen LogP contribution in [-0.4, -0.2) is 30.7 Å². The molecule has 0 rings (SSSR count). The Kier molecular flexibility index (Phi) is 8.42. The van der Waals surface area contributed by atoms with E-state index in [1.165, 1.54) is 0 Å². The molecule has 0 fully saturated rings. The summed E-state index contributed by atoms with van der Waals surface area (Å²) in [4.78, 5) is 22.0. The highest BCUT2D eigenvalue weighted by Gasteiger charge is 2.02. The van der Waals surface area contributed by atoms with Gasteiger partial charge in [0.05, 0.1) is 0 Å². The van der Waals surface area contributed by atoms with Crippen molar-refractivity contribution < 1.29 is 9.59 Å². The molecule has 0 aromatic carbocycles. The van der Waals surface area contributed by atoms with Gasteiger partial charge in [-0.15, -0.1) is 0 Å². The lowest BCUT2D eigenvalue weighted by atomic mass is 10.3. The first-order chi connectivity index (χ1) is 6.70. The number of rotatable bonds is 7. The van der Waals surface area contributed by atoms with Crippen LogP contribution in [0.3, 0.4) is 0 Å². The summed E-state index contributed by atoms with van der Waals surface area (Å²) < 4.78 is 0. The third-order valence-corrected chi connectivity index (χ3v) is 1.81. The van der Waals surface area contributed by atoms with Gasteiger partial charge in [-0.05, 0) is 12.2 Å².